The first-order valence-corrected chi connectivity index (χ1v) is 3.40. The van der Waals surface area contributed by atoms with E-state index < -0.39 is 6.03 Å². The maximum atomic E-state index is 10.7. The van der Waals surface area contributed by atoms with Gasteiger partial charge in [0.2, 0.25) is 5.91 Å². The molecular formula is C6H13N3O2. The van der Waals surface area contributed by atoms with E-state index in [0.29, 0.717) is 12.8 Å². The van der Waals surface area contributed by atoms with E-state index in [1.165, 1.54) is 0 Å². The van der Waals surface area contributed by atoms with E-state index in [2.05, 4.69) is 5.32 Å². The molecule has 11 heavy (non-hydrogen) atoms. The first kappa shape index (κ1) is 9.90. The molecule has 0 aliphatic rings. The summed E-state index contributed by atoms with van der Waals surface area (Å²) in [6.07, 6.45) is 1.03. The highest BCUT2D eigenvalue weighted by atomic mass is 16.2. The monoisotopic (exact) mass is 159 g/mol. The van der Waals surface area contributed by atoms with Crippen molar-refractivity contribution in [3.63, 3.8) is 0 Å². The number of hydrogen-bond acceptors (Lipinski definition) is 3. The second-order valence-electron chi connectivity index (χ2n) is 2.12. The van der Waals surface area contributed by atoms with Crippen LogP contribution >= 0.6 is 0 Å². The average molecular weight is 159 g/mol. The largest absolute Gasteiger partial charge is 0.351 e. The van der Waals surface area contributed by atoms with Crippen LogP contribution in [0, 0.1) is 0 Å². The molecule has 3 amide bonds. The fourth-order valence-electron chi connectivity index (χ4n) is 0.626. The van der Waals surface area contributed by atoms with Crippen molar-refractivity contribution in [3.05, 3.63) is 0 Å². The molecule has 0 aromatic carbocycles. The SMILES string of the molecule is CNCCCC(=O)NC(N)=O. The van der Waals surface area contributed by atoms with E-state index in [0.717, 1.165) is 6.54 Å². The van der Waals surface area contributed by atoms with Gasteiger partial charge in [-0.2, -0.15) is 0 Å². The molecule has 5 nitrogen and oxygen atoms in total. The predicted octanol–water partition coefficient (Wildman–Crippen LogP) is -0.819. The molecule has 0 atom stereocenters. The fraction of sp³-hybridized carbons (Fsp3) is 0.667. The van der Waals surface area contributed by atoms with E-state index in [-0.39, 0.29) is 5.91 Å². The number of urea groups is 1. The van der Waals surface area contributed by atoms with Gasteiger partial charge < -0.3 is 11.1 Å². The van der Waals surface area contributed by atoms with Gasteiger partial charge in [0.05, 0.1) is 0 Å². The van der Waals surface area contributed by atoms with Gasteiger partial charge >= 0.3 is 6.03 Å². The third kappa shape index (κ3) is 6.79. The summed E-state index contributed by atoms with van der Waals surface area (Å²) < 4.78 is 0. The minimum absolute atomic E-state index is 0.323. The molecule has 0 unspecified atom stereocenters. The molecule has 0 saturated carbocycles. The van der Waals surface area contributed by atoms with Crippen LogP contribution in [0.5, 0.6) is 0 Å². The van der Waals surface area contributed by atoms with E-state index in [1.807, 2.05) is 5.32 Å². The van der Waals surface area contributed by atoms with Gasteiger partial charge in [-0.25, -0.2) is 4.79 Å². The molecule has 0 bridgehead atoms. The van der Waals surface area contributed by atoms with Crippen LogP contribution in [0.15, 0.2) is 0 Å². The molecule has 0 aromatic rings. The quantitative estimate of drug-likeness (QED) is 0.468. The number of rotatable bonds is 4. The van der Waals surface area contributed by atoms with E-state index in [1.54, 1.807) is 7.05 Å². The van der Waals surface area contributed by atoms with Crippen molar-refractivity contribution in [2.24, 2.45) is 5.73 Å². The lowest BCUT2D eigenvalue weighted by molar-refractivity contribution is -0.120. The van der Waals surface area contributed by atoms with Crippen molar-refractivity contribution in [3.8, 4) is 0 Å². The fourth-order valence-corrected chi connectivity index (χ4v) is 0.626. The van der Waals surface area contributed by atoms with Gasteiger partial charge in [0.25, 0.3) is 0 Å². The minimum Gasteiger partial charge on any atom is -0.351 e. The molecule has 0 spiro atoms. The Morgan fingerprint density at radius 3 is 2.55 bits per heavy atom. The van der Waals surface area contributed by atoms with Crippen LogP contribution < -0.4 is 16.4 Å². The van der Waals surface area contributed by atoms with Crippen molar-refractivity contribution >= 4 is 11.9 Å². The van der Waals surface area contributed by atoms with Crippen molar-refractivity contribution in [2.45, 2.75) is 12.8 Å². The molecule has 0 aliphatic carbocycles. The van der Waals surface area contributed by atoms with Gasteiger partial charge in [-0.05, 0) is 20.0 Å². The van der Waals surface area contributed by atoms with Crippen molar-refractivity contribution in [1.82, 2.24) is 10.6 Å². The summed E-state index contributed by atoms with van der Waals surface area (Å²) >= 11 is 0. The van der Waals surface area contributed by atoms with Crippen molar-refractivity contribution in [1.29, 1.82) is 0 Å². The third-order valence-electron chi connectivity index (χ3n) is 1.09. The van der Waals surface area contributed by atoms with Gasteiger partial charge in [-0.3, -0.25) is 10.1 Å². The number of amides is 3. The zero-order chi connectivity index (χ0) is 8.69. The highest BCUT2D eigenvalue weighted by Crippen LogP contribution is 1.85. The molecule has 0 rings (SSSR count). The maximum Gasteiger partial charge on any atom is 0.318 e. The molecule has 0 fully saturated rings. The Bertz CT molecular complexity index is 147. The van der Waals surface area contributed by atoms with E-state index >= 15 is 0 Å². The Kier molecular flexibility index (Phi) is 5.10. The molecule has 0 saturated heterocycles. The zero-order valence-electron chi connectivity index (χ0n) is 6.52. The normalized spacial score (nSPS) is 9.18. The molecular weight excluding hydrogens is 146 g/mol. The first-order valence-electron chi connectivity index (χ1n) is 3.40. The van der Waals surface area contributed by atoms with Crippen LogP contribution in [-0.4, -0.2) is 25.5 Å². The summed E-state index contributed by atoms with van der Waals surface area (Å²) in [6.45, 7) is 0.756. The Morgan fingerprint density at radius 2 is 2.09 bits per heavy atom. The summed E-state index contributed by atoms with van der Waals surface area (Å²) in [6, 6.07) is -0.792. The van der Waals surface area contributed by atoms with Crippen molar-refractivity contribution < 1.29 is 9.59 Å². The van der Waals surface area contributed by atoms with Crippen LogP contribution in [-0.2, 0) is 4.79 Å². The summed E-state index contributed by atoms with van der Waals surface area (Å²) in [7, 11) is 1.80. The molecule has 5 heteroatoms. The number of imide groups is 1. The number of carbonyl (C=O) groups is 2. The van der Waals surface area contributed by atoms with Gasteiger partial charge in [-0.15, -0.1) is 0 Å². The number of nitrogens with one attached hydrogen (secondary N) is 2. The Balaban J connectivity index is 3.30. The zero-order valence-corrected chi connectivity index (χ0v) is 6.52. The molecule has 0 aromatic heterocycles. The molecule has 4 N–H and O–H groups in total. The van der Waals surface area contributed by atoms with Crippen LogP contribution in [0.2, 0.25) is 0 Å². The summed E-state index contributed by atoms with van der Waals surface area (Å²) in [5, 5.41) is 4.85. The lowest BCUT2D eigenvalue weighted by Gasteiger charge is -1.99. The van der Waals surface area contributed by atoms with Crippen LogP contribution in [0.3, 0.4) is 0 Å². The number of nitrogens with two attached hydrogens (primary N) is 1. The van der Waals surface area contributed by atoms with Gasteiger partial charge in [0.1, 0.15) is 0 Å². The Hall–Kier alpha value is -1.10. The summed E-state index contributed by atoms with van der Waals surface area (Å²) in [5.41, 5.74) is 4.71. The Morgan fingerprint density at radius 1 is 1.45 bits per heavy atom. The minimum atomic E-state index is -0.792. The topological polar surface area (TPSA) is 84.2 Å². The average Bonchev–Trinajstić information content (AvgIpc) is 1.86. The van der Waals surface area contributed by atoms with Gasteiger partial charge in [0, 0.05) is 6.42 Å². The second-order valence-corrected chi connectivity index (χ2v) is 2.12. The predicted molar refractivity (Wildman–Crippen MR) is 40.9 cm³/mol. The molecule has 0 aliphatic heterocycles. The van der Waals surface area contributed by atoms with Gasteiger partial charge in [0.15, 0.2) is 0 Å². The smallest absolute Gasteiger partial charge is 0.318 e. The van der Waals surface area contributed by atoms with Crippen molar-refractivity contribution in [2.75, 3.05) is 13.6 Å². The lowest BCUT2D eigenvalue weighted by atomic mass is 10.3. The molecule has 0 heterocycles. The lowest BCUT2D eigenvalue weighted by Crippen LogP contribution is -2.35. The first-order chi connectivity index (χ1) is 5.16. The highest BCUT2D eigenvalue weighted by molar-refractivity contribution is 5.93. The number of carbonyl (C=O) groups excluding carboxylic acids is 2. The molecule has 0 radical (unpaired) electrons. The molecule has 64 valence electrons. The second kappa shape index (κ2) is 5.67. The third-order valence-corrected chi connectivity index (χ3v) is 1.09. The summed E-state index contributed by atoms with van der Waals surface area (Å²) in [4.78, 5) is 20.8. The van der Waals surface area contributed by atoms with Crippen LogP contribution in [0.1, 0.15) is 12.8 Å². The highest BCUT2D eigenvalue weighted by Gasteiger charge is 2.01. The van der Waals surface area contributed by atoms with E-state index in [9.17, 15) is 9.59 Å². The maximum absolute atomic E-state index is 10.7. The van der Waals surface area contributed by atoms with Crippen LogP contribution in [0.4, 0.5) is 4.79 Å². The number of primary amides is 1. The van der Waals surface area contributed by atoms with Gasteiger partial charge in [-0.1, -0.05) is 0 Å². The van der Waals surface area contributed by atoms with E-state index in [4.69, 9.17) is 5.73 Å². The summed E-state index contributed by atoms with van der Waals surface area (Å²) in [5.74, 6) is -0.326. The Labute approximate surface area is 65.3 Å². The van der Waals surface area contributed by atoms with Crippen LogP contribution in [0.25, 0.3) is 0 Å². The standard InChI is InChI=1S/C6H13N3O2/c1-8-4-2-3-5(10)9-6(7)11/h8H,2-4H2,1H3,(H3,7,9,10,11). The number of hydrogen-bond donors (Lipinski definition) is 3.